The first-order valence-corrected chi connectivity index (χ1v) is 8.47. The molecule has 0 spiro atoms. The second kappa shape index (κ2) is 8.04. The average Bonchev–Trinajstić information content (AvgIpc) is 2.61. The first kappa shape index (κ1) is 19.5. The quantitative estimate of drug-likeness (QED) is 0.817. The van der Waals surface area contributed by atoms with Crippen LogP contribution in [0.15, 0.2) is 48.5 Å². The maximum Gasteiger partial charge on any atom is 0.338 e. The first-order chi connectivity index (χ1) is 12.2. The lowest BCUT2D eigenvalue weighted by Gasteiger charge is -2.19. The third-order valence-electron chi connectivity index (χ3n) is 4.00. The molecule has 0 aliphatic carbocycles. The van der Waals surface area contributed by atoms with Crippen LogP contribution in [-0.4, -0.2) is 25.1 Å². The van der Waals surface area contributed by atoms with Gasteiger partial charge in [0.15, 0.2) is 6.10 Å². The van der Waals surface area contributed by atoms with Gasteiger partial charge in [-0.3, -0.25) is 4.79 Å². The summed E-state index contributed by atoms with van der Waals surface area (Å²) >= 11 is 0. The Morgan fingerprint density at radius 3 is 2.04 bits per heavy atom. The number of benzene rings is 2. The van der Waals surface area contributed by atoms with E-state index in [4.69, 9.17) is 9.47 Å². The summed E-state index contributed by atoms with van der Waals surface area (Å²) in [5, 5.41) is 2.71. The molecule has 1 unspecified atom stereocenters. The van der Waals surface area contributed by atoms with Crippen LogP contribution >= 0.6 is 0 Å². The molecule has 2 aromatic carbocycles. The van der Waals surface area contributed by atoms with Gasteiger partial charge in [0.2, 0.25) is 0 Å². The zero-order valence-electron chi connectivity index (χ0n) is 15.8. The Labute approximate surface area is 154 Å². The lowest BCUT2D eigenvalue weighted by molar-refractivity contribution is -0.123. The van der Waals surface area contributed by atoms with Crippen molar-refractivity contribution in [1.82, 2.24) is 0 Å². The van der Waals surface area contributed by atoms with E-state index < -0.39 is 18.0 Å². The van der Waals surface area contributed by atoms with Gasteiger partial charge >= 0.3 is 5.97 Å². The summed E-state index contributed by atoms with van der Waals surface area (Å²) in [6.07, 6.45) is -0.910. The highest BCUT2D eigenvalue weighted by molar-refractivity contribution is 5.97. The highest BCUT2D eigenvalue weighted by Crippen LogP contribution is 2.22. The molecule has 0 fully saturated rings. The number of nitrogens with one attached hydrogen (secondary N) is 1. The number of hydrogen-bond donors (Lipinski definition) is 1. The Morgan fingerprint density at radius 1 is 0.962 bits per heavy atom. The molecule has 0 aliphatic heterocycles. The van der Waals surface area contributed by atoms with Crippen LogP contribution in [0.1, 0.15) is 43.6 Å². The normalized spacial score (nSPS) is 12.2. The third-order valence-corrected chi connectivity index (χ3v) is 4.00. The molecule has 26 heavy (non-hydrogen) atoms. The van der Waals surface area contributed by atoms with Crippen molar-refractivity contribution in [2.45, 2.75) is 39.2 Å². The van der Waals surface area contributed by atoms with Gasteiger partial charge < -0.3 is 14.8 Å². The molecule has 0 saturated heterocycles. The second-order valence-corrected chi connectivity index (χ2v) is 7.09. The van der Waals surface area contributed by atoms with E-state index in [0.29, 0.717) is 17.0 Å². The molecule has 1 N–H and O–H groups in total. The summed E-state index contributed by atoms with van der Waals surface area (Å²) in [5.74, 6) is -0.223. The van der Waals surface area contributed by atoms with Gasteiger partial charge in [0.1, 0.15) is 5.75 Å². The highest BCUT2D eigenvalue weighted by atomic mass is 16.5. The molecule has 2 aromatic rings. The molecule has 0 aromatic heterocycles. The van der Waals surface area contributed by atoms with Gasteiger partial charge in [0.25, 0.3) is 5.91 Å². The second-order valence-electron chi connectivity index (χ2n) is 7.09. The van der Waals surface area contributed by atoms with Gasteiger partial charge in [-0.2, -0.15) is 0 Å². The molecule has 0 heterocycles. The summed E-state index contributed by atoms with van der Waals surface area (Å²) in [7, 11) is 1.57. The summed E-state index contributed by atoms with van der Waals surface area (Å²) < 4.78 is 10.3. The van der Waals surface area contributed by atoms with Crippen LogP contribution < -0.4 is 10.1 Å². The number of carbonyl (C=O) groups is 2. The zero-order chi connectivity index (χ0) is 19.3. The summed E-state index contributed by atoms with van der Waals surface area (Å²) in [6.45, 7) is 7.85. The fourth-order valence-electron chi connectivity index (χ4n) is 2.31. The van der Waals surface area contributed by atoms with Crippen molar-refractivity contribution >= 4 is 17.6 Å². The average molecular weight is 355 g/mol. The largest absolute Gasteiger partial charge is 0.497 e. The van der Waals surface area contributed by atoms with Gasteiger partial charge in [-0.15, -0.1) is 0 Å². The van der Waals surface area contributed by atoms with Crippen molar-refractivity contribution in [2.75, 3.05) is 12.4 Å². The number of esters is 1. The maximum atomic E-state index is 12.2. The van der Waals surface area contributed by atoms with Crippen LogP contribution in [0.3, 0.4) is 0 Å². The standard InChI is InChI=1S/C21H25NO4/c1-14(19(23)22-17-10-12-18(25-5)13-11-17)26-20(24)15-6-8-16(9-7-15)21(2,3)4/h6-14H,1-5H3,(H,22,23). The zero-order valence-corrected chi connectivity index (χ0v) is 15.8. The lowest BCUT2D eigenvalue weighted by Crippen LogP contribution is -2.30. The van der Waals surface area contributed by atoms with E-state index in [2.05, 4.69) is 26.1 Å². The van der Waals surface area contributed by atoms with E-state index in [-0.39, 0.29) is 5.41 Å². The van der Waals surface area contributed by atoms with Crippen LogP contribution in [0, 0.1) is 0 Å². The van der Waals surface area contributed by atoms with Crippen molar-refractivity contribution in [3.63, 3.8) is 0 Å². The lowest BCUT2D eigenvalue weighted by atomic mass is 9.87. The Bertz CT molecular complexity index is 758. The Hall–Kier alpha value is -2.82. The van der Waals surface area contributed by atoms with Gasteiger partial charge in [-0.1, -0.05) is 32.9 Å². The molecule has 0 aliphatic rings. The van der Waals surface area contributed by atoms with Crippen LogP contribution in [0.25, 0.3) is 0 Å². The Morgan fingerprint density at radius 2 is 1.54 bits per heavy atom. The van der Waals surface area contributed by atoms with Gasteiger partial charge in [0.05, 0.1) is 12.7 Å². The van der Waals surface area contributed by atoms with E-state index in [0.717, 1.165) is 5.56 Å². The number of amides is 1. The number of hydrogen-bond acceptors (Lipinski definition) is 4. The molecular formula is C21H25NO4. The van der Waals surface area contributed by atoms with E-state index >= 15 is 0 Å². The van der Waals surface area contributed by atoms with Crippen LogP contribution in [0.5, 0.6) is 5.75 Å². The topological polar surface area (TPSA) is 64.6 Å². The smallest absolute Gasteiger partial charge is 0.338 e. The van der Waals surface area contributed by atoms with Crippen LogP contribution in [0.4, 0.5) is 5.69 Å². The first-order valence-electron chi connectivity index (χ1n) is 8.47. The van der Waals surface area contributed by atoms with E-state index in [1.54, 1.807) is 50.4 Å². The number of anilines is 1. The molecule has 0 bridgehead atoms. The molecule has 1 amide bonds. The number of ether oxygens (including phenoxy) is 2. The Kier molecular flexibility index (Phi) is 6.03. The monoisotopic (exact) mass is 355 g/mol. The van der Waals surface area contributed by atoms with Gasteiger partial charge in [-0.25, -0.2) is 4.79 Å². The fraction of sp³-hybridized carbons (Fsp3) is 0.333. The molecule has 0 saturated carbocycles. The minimum Gasteiger partial charge on any atom is -0.497 e. The summed E-state index contributed by atoms with van der Waals surface area (Å²) in [5.41, 5.74) is 2.16. The fourth-order valence-corrected chi connectivity index (χ4v) is 2.31. The van der Waals surface area contributed by atoms with Crippen molar-refractivity contribution in [3.05, 3.63) is 59.7 Å². The third kappa shape index (κ3) is 5.09. The summed E-state index contributed by atoms with van der Waals surface area (Å²) in [6, 6.07) is 14.2. The van der Waals surface area contributed by atoms with Crippen molar-refractivity contribution in [2.24, 2.45) is 0 Å². The van der Waals surface area contributed by atoms with Crippen LogP contribution in [0.2, 0.25) is 0 Å². The highest BCUT2D eigenvalue weighted by Gasteiger charge is 2.20. The predicted octanol–water partition coefficient (Wildman–Crippen LogP) is 4.18. The molecule has 2 rings (SSSR count). The Balaban J connectivity index is 1.95. The minimum atomic E-state index is -0.910. The van der Waals surface area contributed by atoms with Gasteiger partial charge in [0, 0.05) is 5.69 Å². The van der Waals surface area contributed by atoms with E-state index in [1.165, 1.54) is 0 Å². The van der Waals surface area contributed by atoms with E-state index in [1.807, 2.05) is 12.1 Å². The molecular weight excluding hydrogens is 330 g/mol. The maximum absolute atomic E-state index is 12.2. The number of methoxy groups -OCH3 is 1. The predicted molar refractivity (Wildman–Crippen MR) is 102 cm³/mol. The number of carbonyl (C=O) groups excluding carboxylic acids is 2. The SMILES string of the molecule is COc1ccc(NC(=O)C(C)OC(=O)c2ccc(C(C)(C)C)cc2)cc1. The van der Waals surface area contributed by atoms with E-state index in [9.17, 15) is 9.59 Å². The van der Waals surface area contributed by atoms with Crippen molar-refractivity contribution < 1.29 is 19.1 Å². The van der Waals surface area contributed by atoms with Crippen molar-refractivity contribution in [3.8, 4) is 5.75 Å². The number of rotatable bonds is 5. The van der Waals surface area contributed by atoms with Gasteiger partial charge in [-0.05, 0) is 54.3 Å². The minimum absolute atomic E-state index is 0.00791. The summed E-state index contributed by atoms with van der Waals surface area (Å²) in [4.78, 5) is 24.4. The molecule has 0 radical (unpaired) electrons. The molecule has 5 nitrogen and oxygen atoms in total. The molecule has 1 atom stereocenters. The van der Waals surface area contributed by atoms with Crippen LogP contribution in [-0.2, 0) is 14.9 Å². The molecule has 138 valence electrons. The van der Waals surface area contributed by atoms with Crippen molar-refractivity contribution in [1.29, 1.82) is 0 Å². The molecule has 5 heteroatoms.